The number of hydrogen-bond acceptors (Lipinski definition) is 3. The molecule has 1 aromatic heterocycles. The maximum atomic E-state index is 13.1. The molecule has 2 heterocycles. The number of carbonyl (C=O) groups excluding carboxylic acids is 1. The second-order valence-corrected chi connectivity index (χ2v) is 7.05. The van der Waals surface area contributed by atoms with Crippen LogP contribution in [0.5, 0.6) is 0 Å². The molecule has 0 saturated carbocycles. The van der Waals surface area contributed by atoms with Gasteiger partial charge in [-0.1, -0.05) is 19.1 Å². The van der Waals surface area contributed by atoms with Gasteiger partial charge in [0.15, 0.2) is 5.69 Å². The van der Waals surface area contributed by atoms with Crippen molar-refractivity contribution >= 4 is 11.9 Å². The summed E-state index contributed by atoms with van der Waals surface area (Å²) in [5.74, 6) is -1.17. The van der Waals surface area contributed by atoms with E-state index in [1.807, 2.05) is 16.8 Å². The monoisotopic (exact) mass is 353 g/mol. The van der Waals surface area contributed by atoms with E-state index in [1.54, 1.807) is 0 Å². The number of likely N-dealkylation sites (tertiary alicyclic amines) is 1. The van der Waals surface area contributed by atoms with Gasteiger partial charge in [-0.25, -0.2) is 9.48 Å². The van der Waals surface area contributed by atoms with Gasteiger partial charge in [0.1, 0.15) is 6.04 Å². The Morgan fingerprint density at radius 3 is 2.65 bits per heavy atom. The number of carbonyl (C=O) groups is 2. The van der Waals surface area contributed by atoms with E-state index < -0.39 is 12.0 Å². The average molecular weight is 353 g/mol. The zero-order chi connectivity index (χ0) is 18.3. The highest BCUT2D eigenvalue weighted by atomic mass is 16.4. The van der Waals surface area contributed by atoms with E-state index >= 15 is 0 Å². The number of aromatic nitrogens is 2. The first-order valence-electron chi connectivity index (χ1n) is 9.34. The normalized spacial score (nSPS) is 19.0. The summed E-state index contributed by atoms with van der Waals surface area (Å²) in [4.78, 5) is 26.0. The SMILES string of the molecule is CCc1ccc(-n2nc(C(=O)N3CCCC3C(=O)O)c3c2CCC3)cc1. The molecule has 6 nitrogen and oxygen atoms in total. The van der Waals surface area contributed by atoms with Crippen LogP contribution < -0.4 is 0 Å². The van der Waals surface area contributed by atoms with Crippen LogP contribution in [0.4, 0.5) is 0 Å². The molecule has 6 heteroatoms. The van der Waals surface area contributed by atoms with E-state index in [0.717, 1.165) is 49.0 Å². The third kappa shape index (κ3) is 2.69. The maximum Gasteiger partial charge on any atom is 0.326 e. The Balaban J connectivity index is 1.71. The summed E-state index contributed by atoms with van der Waals surface area (Å²) in [7, 11) is 0. The fourth-order valence-electron chi connectivity index (χ4n) is 4.10. The van der Waals surface area contributed by atoms with Crippen molar-refractivity contribution in [1.29, 1.82) is 0 Å². The smallest absolute Gasteiger partial charge is 0.326 e. The van der Waals surface area contributed by atoms with Crippen molar-refractivity contribution in [2.45, 2.75) is 51.5 Å². The van der Waals surface area contributed by atoms with Crippen LogP contribution in [0.3, 0.4) is 0 Å². The molecule has 136 valence electrons. The highest BCUT2D eigenvalue weighted by molar-refractivity contribution is 5.97. The molecule has 0 spiro atoms. The summed E-state index contributed by atoms with van der Waals surface area (Å²) >= 11 is 0. The summed E-state index contributed by atoms with van der Waals surface area (Å²) < 4.78 is 1.88. The van der Waals surface area contributed by atoms with Crippen LogP contribution in [-0.4, -0.2) is 44.3 Å². The number of carboxylic acid groups (broad SMARTS) is 1. The van der Waals surface area contributed by atoms with Crippen molar-refractivity contribution in [3.63, 3.8) is 0 Å². The number of benzene rings is 1. The molecular weight excluding hydrogens is 330 g/mol. The van der Waals surface area contributed by atoms with E-state index in [0.29, 0.717) is 18.7 Å². The molecular formula is C20H23N3O3. The van der Waals surface area contributed by atoms with Gasteiger partial charge in [0, 0.05) is 17.8 Å². The number of carboxylic acids is 1. The van der Waals surface area contributed by atoms with Crippen molar-refractivity contribution in [2.75, 3.05) is 6.54 Å². The van der Waals surface area contributed by atoms with Gasteiger partial charge in [0.05, 0.1) is 5.69 Å². The van der Waals surface area contributed by atoms with Gasteiger partial charge in [0.2, 0.25) is 0 Å². The quantitative estimate of drug-likeness (QED) is 0.917. The minimum atomic E-state index is -0.929. The number of hydrogen-bond donors (Lipinski definition) is 1. The molecule has 2 aromatic rings. The van der Waals surface area contributed by atoms with Crippen LogP contribution in [0.25, 0.3) is 5.69 Å². The van der Waals surface area contributed by atoms with Crippen molar-refractivity contribution in [3.8, 4) is 5.69 Å². The zero-order valence-corrected chi connectivity index (χ0v) is 14.9. The predicted molar refractivity (Wildman–Crippen MR) is 96.7 cm³/mol. The number of amides is 1. The highest BCUT2D eigenvalue weighted by Crippen LogP contribution is 2.30. The number of fused-ring (bicyclic) bond motifs is 1. The van der Waals surface area contributed by atoms with E-state index in [1.165, 1.54) is 10.5 Å². The van der Waals surface area contributed by atoms with Gasteiger partial charge in [-0.15, -0.1) is 0 Å². The molecule has 1 aromatic carbocycles. The molecule has 4 rings (SSSR count). The lowest BCUT2D eigenvalue weighted by Crippen LogP contribution is -2.40. The third-order valence-electron chi connectivity index (χ3n) is 5.52. The maximum absolute atomic E-state index is 13.1. The number of nitrogens with zero attached hydrogens (tertiary/aromatic N) is 3. The molecule has 1 unspecified atom stereocenters. The number of aryl methyl sites for hydroxylation is 1. The lowest BCUT2D eigenvalue weighted by atomic mass is 10.1. The van der Waals surface area contributed by atoms with Crippen LogP contribution in [0.15, 0.2) is 24.3 Å². The molecule has 1 saturated heterocycles. The first kappa shape index (κ1) is 16.8. The topological polar surface area (TPSA) is 75.4 Å². The predicted octanol–water partition coefficient (Wildman–Crippen LogP) is 2.61. The van der Waals surface area contributed by atoms with Crippen molar-refractivity contribution < 1.29 is 14.7 Å². The second kappa shape index (κ2) is 6.59. The Hall–Kier alpha value is -2.63. The number of aliphatic carboxylic acids is 1. The molecule has 0 bridgehead atoms. The van der Waals surface area contributed by atoms with Gasteiger partial charge in [-0.05, 0) is 56.2 Å². The Bertz CT molecular complexity index is 854. The van der Waals surface area contributed by atoms with Gasteiger partial charge in [0.25, 0.3) is 5.91 Å². The van der Waals surface area contributed by atoms with Gasteiger partial charge in [-0.2, -0.15) is 5.10 Å². The highest BCUT2D eigenvalue weighted by Gasteiger charge is 2.37. The van der Waals surface area contributed by atoms with Gasteiger partial charge < -0.3 is 10.0 Å². The second-order valence-electron chi connectivity index (χ2n) is 7.05. The van der Waals surface area contributed by atoms with Crippen molar-refractivity contribution in [3.05, 3.63) is 46.8 Å². The van der Waals surface area contributed by atoms with E-state index in [2.05, 4.69) is 24.2 Å². The largest absolute Gasteiger partial charge is 0.480 e. The Labute approximate surface area is 152 Å². The number of rotatable bonds is 4. The van der Waals surface area contributed by atoms with E-state index in [-0.39, 0.29) is 5.91 Å². The minimum Gasteiger partial charge on any atom is -0.480 e. The minimum absolute atomic E-state index is 0.239. The molecule has 0 radical (unpaired) electrons. The molecule has 1 amide bonds. The van der Waals surface area contributed by atoms with E-state index in [9.17, 15) is 14.7 Å². The van der Waals surface area contributed by atoms with Crippen LogP contribution in [-0.2, 0) is 24.1 Å². The molecule has 1 aliphatic heterocycles. The Morgan fingerprint density at radius 1 is 1.19 bits per heavy atom. The molecule has 1 atom stereocenters. The fourth-order valence-corrected chi connectivity index (χ4v) is 4.10. The lowest BCUT2D eigenvalue weighted by Gasteiger charge is -2.20. The molecule has 2 aliphatic rings. The summed E-state index contributed by atoms with van der Waals surface area (Å²) in [6.45, 7) is 2.61. The fraction of sp³-hybridized carbons (Fsp3) is 0.450. The summed E-state index contributed by atoms with van der Waals surface area (Å²) in [6.07, 6.45) is 4.95. The van der Waals surface area contributed by atoms with Crippen molar-refractivity contribution in [1.82, 2.24) is 14.7 Å². The van der Waals surface area contributed by atoms with Crippen LogP contribution >= 0.6 is 0 Å². The van der Waals surface area contributed by atoms with Crippen molar-refractivity contribution in [2.24, 2.45) is 0 Å². The lowest BCUT2D eigenvalue weighted by molar-refractivity contribution is -0.141. The van der Waals surface area contributed by atoms with E-state index in [4.69, 9.17) is 0 Å². The molecule has 26 heavy (non-hydrogen) atoms. The zero-order valence-electron chi connectivity index (χ0n) is 14.9. The van der Waals surface area contributed by atoms with Gasteiger partial charge >= 0.3 is 5.97 Å². The van der Waals surface area contributed by atoms with Crippen LogP contribution in [0, 0.1) is 0 Å². The molecule has 1 aliphatic carbocycles. The summed E-state index contributed by atoms with van der Waals surface area (Å²) in [5, 5.41) is 14.0. The Morgan fingerprint density at radius 2 is 1.96 bits per heavy atom. The van der Waals surface area contributed by atoms with Gasteiger partial charge in [-0.3, -0.25) is 4.79 Å². The Kier molecular flexibility index (Phi) is 4.26. The first-order valence-corrected chi connectivity index (χ1v) is 9.34. The molecule has 1 N–H and O–H groups in total. The van der Waals surface area contributed by atoms with Crippen LogP contribution in [0.2, 0.25) is 0 Å². The third-order valence-corrected chi connectivity index (χ3v) is 5.52. The van der Waals surface area contributed by atoms with Crippen LogP contribution in [0.1, 0.15) is 53.5 Å². The first-order chi connectivity index (χ1) is 12.6. The molecule has 1 fully saturated rings. The average Bonchev–Trinajstić information content (AvgIpc) is 3.37. The standard InChI is InChI=1S/C20H23N3O3/c1-2-13-8-10-14(11-9-13)23-16-6-3-5-15(16)18(21-23)19(24)22-12-4-7-17(22)20(25)26/h8-11,17H,2-7,12H2,1H3,(H,25,26). The summed E-state index contributed by atoms with van der Waals surface area (Å²) in [5.41, 5.74) is 4.73. The summed E-state index contributed by atoms with van der Waals surface area (Å²) in [6, 6.07) is 7.51.